The Kier molecular flexibility index (Phi) is 1.91. The van der Waals surface area contributed by atoms with Crippen molar-refractivity contribution in [3.05, 3.63) is 12.1 Å². The second-order valence-electron chi connectivity index (χ2n) is 1.15. The summed E-state index contributed by atoms with van der Waals surface area (Å²) in [5, 5.41) is 8.17. The van der Waals surface area contributed by atoms with Crippen molar-refractivity contribution in [3.8, 4) is 0 Å². The van der Waals surface area contributed by atoms with E-state index in [-0.39, 0.29) is 0 Å². The van der Waals surface area contributed by atoms with Crippen molar-refractivity contribution in [3.63, 3.8) is 0 Å². The summed E-state index contributed by atoms with van der Waals surface area (Å²) in [6.07, 6.45) is 1.56. The number of nitrogens with one attached hydrogen (secondary N) is 1. The van der Waals surface area contributed by atoms with Crippen LogP contribution in [0.25, 0.3) is 0 Å². The quantitative estimate of drug-likeness (QED) is 0.606. The predicted molar refractivity (Wildman–Crippen MR) is 32.2 cm³/mol. The van der Waals surface area contributed by atoms with Crippen molar-refractivity contribution >= 4 is 11.8 Å². The Morgan fingerprint density at radius 3 is 3.25 bits per heavy atom. The molecule has 0 unspecified atom stereocenters. The lowest BCUT2D eigenvalue weighted by Crippen LogP contribution is -1.70. The highest BCUT2D eigenvalue weighted by Gasteiger charge is 1.89. The average molecular weight is 128 g/mol. The van der Waals surface area contributed by atoms with Crippen LogP contribution in [0.2, 0.25) is 0 Å². The third-order valence-corrected chi connectivity index (χ3v) is 1.28. The minimum absolute atomic E-state index is 0.840. The number of thioether (sulfide) groups is 1. The summed E-state index contributed by atoms with van der Waals surface area (Å²) in [4.78, 5) is 2.85. The van der Waals surface area contributed by atoms with Crippen molar-refractivity contribution in [1.29, 1.82) is 0 Å². The van der Waals surface area contributed by atoms with Gasteiger partial charge in [-0.05, 0) is 0 Å². The van der Waals surface area contributed by atoms with E-state index in [0.29, 0.717) is 0 Å². The minimum Gasteiger partial charge on any atom is -0.323 e. The second-order valence-corrected chi connectivity index (χ2v) is 2.24. The third kappa shape index (κ3) is 1.23. The lowest BCUT2D eigenvalue weighted by Gasteiger charge is -1.83. The number of aromatic amines is 1. The molecule has 1 heterocycles. The Morgan fingerprint density at radius 2 is 2.75 bits per heavy atom. The molecule has 0 saturated heterocycles. The molecule has 0 bridgehead atoms. The molecule has 0 aliphatic heterocycles. The lowest BCUT2D eigenvalue weighted by molar-refractivity contribution is 0.976. The average Bonchev–Trinajstić information content (AvgIpc) is 2.19. The number of nitrogens with zero attached hydrogens (tertiary/aromatic N) is 2. The molecule has 0 aliphatic carbocycles. The predicted octanol–water partition coefficient (Wildman–Crippen LogP) is 1.08. The summed E-state index contributed by atoms with van der Waals surface area (Å²) in [7, 11) is 0. The Bertz CT molecular complexity index is 137. The Labute approximate surface area is 51.9 Å². The van der Waals surface area contributed by atoms with Gasteiger partial charge < -0.3 is 4.98 Å². The first-order valence-corrected chi connectivity index (χ1v) is 3.12. The molecule has 0 aliphatic rings. The van der Waals surface area contributed by atoms with Gasteiger partial charge in [-0.15, -0.1) is 10.2 Å². The fourth-order valence-electron chi connectivity index (χ4n) is 0.363. The molecule has 0 amide bonds. The van der Waals surface area contributed by atoms with Crippen LogP contribution in [0.15, 0.2) is 11.5 Å². The van der Waals surface area contributed by atoms with Crippen LogP contribution < -0.4 is 0 Å². The molecular formula is C4H6N3S. The molecule has 0 atom stereocenters. The SMILES string of the molecule is C[CH]Sc1nnc[nH]1. The molecule has 8 heavy (non-hydrogen) atoms. The van der Waals surface area contributed by atoms with Gasteiger partial charge in [0.1, 0.15) is 6.33 Å². The first-order valence-electron chi connectivity index (χ1n) is 2.24. The summed E-state index contributed by atoms with van der Waals surface area (Å²) in [5.74, 6) is 1.94. The first-order chi connectivity index (χ1) is 3.93. The molecule has 1 aromatic rings. The summed E-state index contributed by atoms with van der Waals surface area (Å²) in [5.41, 5.74) is 0. The number of hydrogen-bond donors (Lipinski definition) is 1. The zero-order chi connectivity index (χ0) is 5.82. The van der Waals surface area contributed by atoms with E-state index in [1.165, 1.54) is 11.8 Å². The summed E-state index contributed by atoms with van der Waals surface area (Å²) in [6, 6.07) is 0. The van der Waals surface area contributed by atoms with Gasteiger partial charge in [-0.3, -0.25) is 0 Å². The standard InChI is InChI=1S/C4H6N3S/c1-2-8-4-5-3-6-7-4/h2-3H,1H3,(H,5,6,7). The zero-order valence-corrected chi connectivity index (χ0v) is 5.27. The molecule has 0 fully saturated rings. The van der Waals surface area contributed by atoms with Crippen molar-refractivity contribution in [2.24, 2.45) is 0 Å². The van der Waals surface area contributed by atoms with Crippen LogP contribution in [0.3, 0.4) is 0 Å². The van der Waals surface area contributed by atoms with Crippen LogP contribution in [0.4, 0.5) is 0 Å². The minimum atomic E-state index is 0.840. The van der Waals surface area contributed by atoms with E-state index in [0.717, 1.165) is 5.16 Å². The molecule has 0 spiro atoms. The van der Waals surface area contributed by atoms with Gasteiger partial charge in [0.05, 0.1) is 0 Å². The third-order valence-electron chi connectivity index (χ3n) is 0.624. The number of hydrogen-bond acceptors (Lipinski definition) is 3. The van der Waals surface area contributed by atoms with Crippen LogP contribution in [0.1, 0.15) is 6.92 Å². The molecule has 1 N–H and O–H groups in total. The monoisotopic (exact) mass is 128 g/mol. The van der Waals surface area contributed by atoms with Gasteiger partial charge in [-0.25, -0.2) is 0 Å². The van der Waals surface area contributed by atoms with E-state index >= 15 is 0 Å². The van der Waals surface area contributed by atoms with Gasteiger partial charge in [0.25, 0.3) is 0 Å². The molecule has 1 rings (SSSR count). The van der Waals surface area contributed by atoms with E-state index in [4.69, 9.17) is 0 Å². The molecule has 43 valence electrons. The smallest absolute Gasteiger partial charge is 0.188 e. The van der Waals surface area contributed by atoms with Crippen molar-refractivity contribution in [1.82, 2.24) is 15.2 Å². The van der Waals surface area contributed by atoms with Crippen LogP contribution in [0.5, 0.6) is 0 Å². The molecule has 0 saturated carbocycles. The Hall–Kier alpha value is -0.510. The highest BCUT2D eigenvalue weighted by Crippen LogP contribution is 2.12. The van der Waals surface area contributed by atoms with Gasteiger partial charge in [0.2, 0.25) is 0 Å². The fourth-order valence-corrected chi connectivity index (χ4v) is 0.802. The van der Waals surface area contributed by atoms with Crippen molar-refractivity contribution < 1.29 is 0 Å². The largest absolute Gasteiger partial charge is 0.323 e. The summed E-state index contributed by atoms with van der Waals surface area (Å²) in [6.45, 7) is 1.95. The highest BCUT2D eigenvalue weighted by molar-refractivity contribution is 8.01. The topological polar surface area (TPSA) is 41.6 Å². The van der Waals surface area contributed by atoms with E-state index < -0.39 is 0 Å². The molecular weight excluding hydrogens is 122 g/mol. The van der Waals surface area contributed by atoms with Crippen molar-refractivity contribution in [2.75, 3.05) is 0 Å². The number of H-pyrrole nitrogens is 1. The lowest BCUT2D eigenvalue weighted by atomic mass is 11.0. The maximum absolute atomic E-state index is 3.73. The molecule has 3 nitrogen and oxygen atoms in total. The summed E-state index contributed by atoms with van der Waals surface area (Å²) < 4.78 is 0. The van der Waals surface area contributed by atoms with E-state index in [1.807, 2.05) is 12.7 Å². The van der Waals surface area contributed by atoms with Crippen LogP contribution in [0, 0.1) is 5.75 Å². The van der Waals surface area contributed by atoms with Gasteiger partial charge in [-0.2, -0.15) is 0 Å². The van der Waals surface area contributed by atoms with Crippen LogP contribution in [-0.2, 0) is 0 Å². The maximum Gasteiger partial charge on any atom is 0.188 e. The van der Waals surface area contributed by atoms with Gasteiger partial charge in [-0.1, -0.05) is 18.7 Å². The van der Waals surface area contributed by atoms with Crippen molar-refractivity contribution in [2.45, 2.75) is 12.1 Å². The number of aromatic nitrogens is 3. The number of rotatable bonds is 2. The Morgan fingerprint density at radius 1 is 1.88 bits per heavy atom. The van der Waals surface area contributed by atoms with Gasteiger partial charge in [0, 0.05) is 5.75 Å². The van der Waals surface area contributed by atoms with E-state index in [9.17, 15) is 0 Å². The second kappa shape index (κ2) is 2.71. The molecule has 1 aromatic heterocycles. The van der Waals surface area contributed by atoms with Gasteiger partial charge >= 0.3 is 0 Å². The summed E-state index contributed by atoms with van der Waals surface area (Å²) >= 11 is 1.53. The van der Waals surface area contributed by atoms with Crippen LogP contribution >= 0.6 is 11.8 Å². The maximum atomic E-state index is 3.73. The molecule has 1 radical (unpaired) electrons. The normalized spacial score (nSPS) is 9.62. The van der Waals surface area contributed by atoms with Crippen LogP contribution in [-0.4, -0.2) is 15.2 Å². The zero-order valence-electron chi connectivity index (χ0n) is 4.46. The fraction of sp³-hybridized carbons (Fsp3) is 0.250. The highest BCUT2D eigenvalue weighted by atomic mass is 32.2. The van der Waals surface area contributed by atoms with Gasteiger partial charge in [0.15, 0.2) is 5.16 Å². The first kappa shape index (κ1) is 5.62. The Balaban J connectivity index is 2.50. The van der Waals surface area contributed by atoms with E-state index in [1.54, 1.807) is 6.33 Å². The van der Waals surface area contributed by atoms with E-state index in [2.05, 4.69) is 15.2 Å². The molecule has 0 aromatic carbocycles. The molecule has 4 heteroatoms.